The van der Waals surface area contributed by atoms with Gasteiger partial charge in [0.1, 0.15) is 5.15 Å². The molecule has 1 amide bonds. The lowest BCUT2D eigenvalue weighted by Gasteiger charge is -2.35. The van der Waals surface area contributed by atoms with Crippen LogP contribution in [0, 0.1) is 6.92 Å². The molecular weight excluding hydrogens is 462 g/mol. The summed E-state index contributed by atoms with van der Waals surface area (Å²) >= 11 is 5.82. The highest BCUT2D eigenvalue weighted by Crippen LogP contribution is 2.32. The molecule has 0 atom stereocenters. The first-order valence-electron chi connectivity index (χ1n) is 11.5. The van der Waals surface area contributed by atoms with Gasteiger partial charge in [0.25, 0.3) is 5.91 Å². The normalized spacial score (nSPS) is 13.9. The van der Waals surface area contributed by atoms with Gasteiger partial charge >= 0.3 is 5.97 Å². The number of nitrogens with zero attached hydrogens (tertiary/aromatic N) is 2. The molecule has 1 aliphatic rings. The molecule has 1 fully saturated rings. The highest BCUT2D eigenvalue weighted by molar-refractivity contribution is 6.29. The quantitative estimate of drug-likeness (QED) is 0.343. The number of piperidine rings is 1. The number of rotatable bonds is 6. The Morgan fingerprint density at radius 2 is 1.69 bits per heavy atom. The zero-order chi connectivity index (χ0) is 24.9. The largest absolute Gasteiger partial charge is 0.465 e. The number of hydrogen-bond donors (Lipinski definition) is 1. The van der Waals surface area contributed by atoms with Crippen molar-refractivity contribution >= 4 is 34.9 Å². The predicted molar refractivity (Wildman–Crippen MR) is 139 cm³/mol. The number of esters is 1. The lowest BCUT2D eigenvalue weighted by atomic mass is 9.88. The minimum Gasteiger partial charge on any atom is -0.465 e. The molecular formula is C28H28ClN3O3. The zero-order valence-corrected chi connectivity index (χ0v) is 20.6. The third kappa shape index (κ3) is 5.72. The number of pyridine rings is 1. The Balaban J connectivity index is 1.39. The van der Waals surface area contributed by atoms with Crippen LogP contribution >= 0.6 is 11.6 Å². The van der Waals surface area contributed by atoms with Gasteiger partial charge in [-0.2, -0.15) is 0 Å². The van der Waals surface area contributed by atoms with Crippen LogP contribution in [0.4, 0.5) is 5.69 Å². The Morgan fingerprint density at radius 1 is 1.03 bits per heavy atom. The summed E-state index contributed by atoms with van der Waals surface area (Å²) in [5, 5.41) is 3.32. The van der Waals surface area contributed by atoms with Crippen LogP contribution in [0.3, 0.4) is 0 Å². The average Bonchev–Trinajstić information content (AvgIpc) is 2.89. The summed E-state index contributed by atoms with van der Waals surface area (Å²) in [6, 6.07) is 16.9. The second-order valence-electron chi connectivity index (χ2n) is 8.68. The van der Waals surface area contributed by atoms with Crippen molar-refractivity contribution in [2.75, 3.05) is 25.5 Å². The summed E-state index contributed by atoms with van der Waals surface area (Å²) in [6.45, 7) is 8.07. The van der Waals surface area contributed by atoms with Gasteiger partial charge in [-0.25, -0.2) is 9.78 Å². The summed E-state index contributed by atoms with van der Waals surface area (Å²) in [5.74, 6) is -0.119. The summed E-state index contributed by atoms with van der Waals surface area (Å²) in [4.78, 5) is 30.6. The summed E-state index contributed by atoms with van der Waals surface area (Å²) in [5.41, 5.74) is 5.86. The second kappa shape index (κ2) is 10.7. The topological polar surface area (TPSA) is 71.5 Å². The van der Waals surface area contributed by atoms with E-state index >= 15 is 0 Å². The number of amides is 1. The van der Waals surface area contributed by atoms with Gasteiger partial charge in [-0.3, -0.25) is 4.79 Å². The van der Waals surface area contributed by atoms with E-state index in [-0.39, 0.29) is 11.9 Å². The van der Waals surface area contributed by atoms with E-state index in [0.717, 1.165) is 48.4 Å². The number of benzene rings is 2. The number of aromatic nitrogens is 1. The van der Waals surface area contributed by atoms with Crippen LogP contribution in [0.5, 0.6) is 0 Å². The van der Waals surface area contributed by atoms with Gasteiger partial charge in [0.15, 0.2) is 0 Å². The minimum atomic E-state index is -0.318. The van der Waals surface area contributed by atoms with Crippen molar-refractivity contribution in [3.8, 4) is 0 Å². The predicted octanol–water partition coefficient (Wildman–Crippen LogP) is 5.93. The Labute approximate surface area is 210 Å². The van der Waals surface area contributed by atoms with Gasteiger partial charge in [0, 0.05) is 30.7 Å². The van der Waals surface area contributed by atoms with E-state index in [9.17, 15) is 9.59 Å². The highest BCUT2D eigenvalue weighted by atomic mass is 35.5. The molecule has 3 aromatic rings. The number of halogens is 1. The van der Waals surface area contributed by atoms with Gasteiger partial charge in [-0.05, 0) is 72.7 Å². The molecule has 1 N–H and O–H groups in total. The SMILES string of the molecule is C=C(c1ccc(C)c(NC(=O)c2ccc(Cl)nc2)c1)N1CCC(c2ccc(C(=O)OC)cc2)CC1. The molecule has 0 bridgehead atoms. The summed E-state index contributed by atoms with van der Waals surface area (Å²) < 4.78 is 4.78. The molecule has 4 rings (SSSR count). The molecule has 6 nitrogen and oxygen atoms in total. The molecule has 2 heterocycles. The molecule has 2 aromatic carbocycles. The fourth-order valence-corrected chi connectivity index (χ4v) is 4.43. The van der Waals surface area contributed by atoms with E-state index in [1.54, 1.807) is 12.1 Å². The van der Waals surface area contributed by atoms with Crippen molar-refractivity contribution in [1.82, 2.24) is 9.88 Å². The van der Waals surface area contributed by atoms with Crippen LogP contribution in [0.2, 0.25) is 5.15 Å². The number of aryl methyl sites for hydroxylation is 1. The van der Waals surface area contributed by atoms with Crippen LogP contribution in [-0.4, -0.2) is 42.0 Å². The number of likely N-dealkylation sites (tertiary alicyclic amines) is 1. The maximum Gasteiger partial charge on any atom is 0.337 e. The molecule has 1 aliphatic heterocycles. The van der Waals surface area contributed by atoms with Crippen LogP contribution in [0.1, 0.15) is 56.2 Å². The van der Waals surface area contributed by atoms with Crippen molar-refractivity contribution in [3.63, 3.8) is 0 Å². The fourth-order valence-electron chi connectivity index (χ4n) is 4.32. The van der Waals surface area contributed by atoms with Crippen LogP contribution < -0.4 is 5.32 Å². The number of methoxy groups -OCH3 is 1. The average molecular weight is 490 g/mol. The first-order valence-corrected chi connectivity index (χ1v) is 11.9. The van der Waals surface area contributed by atoms with Crippen molar-refractivity contribution in [2.24, 2.45) is 0 Å². The Morgan fingerprint density at radius 3 is 2.31 bits per heavy atom. The molecule has 0 unspecified atom stereocenters. The number of carbonyl (C=O) groups is 2. The lowest BCUT2D eigenvalue weighted by Crippen LogP contribution is -2.31. The number of anilines is 1. The maximum atomic E-state index is 12.7. The van der Waals surface area contributed by atoms with E-state index in [0.29, 0.717) is 22.2 Å². The zero-order valence-electron chi connectivity index (χ0n) is 19.9. The smallest absolute Gasteiger partial charge is 0.337 e. The molecule has 0 spiro atoms. The van der Waals surface area contributed by atoms with E-state index in [2.05, 4.69) is 21.8 Å². The molecule has 1 aromatic heterocycles. The van der Waals surface area contributed by atoms with Gasteiger partial charge in [-0.15, -0.1) is 0 Å². The van der Waals surface area contributed by atoms with E-state index < -0.39 is 0 Å². The van der Waals surface area contributed by atoms with Crippen LogP contribution in [0.15, 0.2) is 67.4 Å². The van der Waals surface area contributed by atoms with E-state index in [4.69, 9.17) is 16.3 Å². The van der Waals surface area contributed by atoms with Gasteiger partial charge in [0.05, 0.1) is 18.2 Å². The maximum absolute atomic E-state index is 12.7. The third-order valence-electron chi connectivity index (χ3n) is 6.49. The van der Waals surface area contributed by atoms with Crippen LogP contribution in [0.25, 0.3) is 5.70 Å². The standard InChI is InChI=1S/C28H28ClN3O3/c1-18-4-5-23(16-25(18)31-27(33)24-10-11-26(29)30-17-24)19(2)32-14-12-21(13-15-32)20-6-8-22(9-7-20)28(34)35-3/h4-11,16-17,21H,2,12-15H2,1,3H3,(H,31,33). The van der Waals surface area contributed by atoms with Gasteiger partial charge in [-0.1, -0.05) is 42.4 Å². The number of carbonyl (C=O) groups excluding carboxylic acids is 2. The molecule has 35 heavy (non-hydrogen) atoms. The van der Waals surface area contributed by atoms with E-state index in [1.807, 2.05) is 49.4 Å². The van der Waals surface area contributed by atoms with Crippen LogP contribution in [-0.2, 0) is 4.74 Å². The monoisotopic (exact) mass is 489 g/mol. The number of nitrogens with one attached hydrogen (secondary N) is 1. The van der Waals surface area contributed by atoms with Crippen molar-refractivity contribution < 1.29 is 14.3 Å². The van der Waals surface area contributed by atoms with E-state index in [1.165, 1.54) is 18.9 Å². The van der Waals surface area contributed by atoms with Gasteiger partial charge < -0.3 is 15.0 Å². The molecule has 0 radical (unpaired) electrons. The number of ether oxygens (including phenoxy) is 1. The third-order valence-corrected chi connectivity index (χ3v) is 6.71. The Kier molecular flexibility index (Phi) is 7.51. The Bertz CT molecular complexity index is 1230. The summed E-state index contributed by atoms with van der Waals surface area (Å²) in [6.07, 6.45) is 3.45. The molecule has 1 saturated heterocycles. The highest BCUT2D eigenvalue weighted by Gasteiger charge is 2.22. The first-order chi connectivity index (χ1) is 16.9. The molecule has 0 aliphatic carbocycles. The minimum absolute atomic E-state index is 0.237. The second-order valence-corrected chi connectivity index (χ2v) is 9.06. The lowest BCUT2D eigenvalue weighted by molar-refractivity contribution is 0.0600. The van der Waals surface area contributed by atoms with Crippen molar-refractivity contribution in [1.29, 1.82) is 0 Å². The number of hydrogen-bond acceptors (Lipinski definition) is 5. The molecule has 7 heteroatoms. The molecule has 0 saturated carbocycles. The molecule has 180 valence electrons. The summed E-state index contributed by atoms with van der Waals surface area (Å²) in [7, 11) is 1.39. The Hall–Kier alpha value is -3.64. The van der Waals surface area contributed by atoms with Gasteiger partial charge in [0.2, 0.25) is 0 Å². The van der Waals surface area contributed by atoms with Crippen molar-refractivity contribution in [2.45, 2.75) is 25.7 Å². The fraction of sp³-hybridized carbons (Fsp3) is 0.250. The first kappa shape index (κ1) is 24.5. The van der Waals surface area contributed by atoms with Crippen molar-refractivity contribution in [3.05, 3.63) is 100 Å².